The second-order valence-electron chi connectivity index (χ2n) is 6.35. The third kappa shape index (κ3) is 3.03. The van der Waals surface area contributed by atoms with Crippen LogP contribution in [0.1, 0.15) is 39.2 Å². The highest BCUT2D eigenvalue weighted by Gasteiger charge is 2.32. The lowest BCUT2D eigenvalue weighted by Gasteiger charge is -2.37. The molecule has 128 valence electrons. The summed E-state index contributed by atoms with van der Waals surface area (Å²) in [7, 11) is 1.97. The second-order valence-corrected chi connectivity index (χ2v) is 6.35. The van der Waals surface area contributed by atoms with Crippen molar-refractivity contribution in [2.45, 2.75) is 26.8 Å². The molecule has 0 N–H and O–H groups in total. The average Bonchev–Trinajstić information content (AvgIpc) is 2.98. The van der Waals surface area contributed by atoms with Crippen molar-refractivity contribution in [1.82, 2.24) is 19.9 Å². The first-order valence-corrected chi connectivity index (χ1v) is 7.93. The van der Waals surface area contributed by atoms with Crippen LogP contribution in [0.4, 0.5) is 4.39 Å². The Labute approximate surface area is 140 Å². The van der Waals surface area contributed by atoms with Gasteiger partial charge in [-0.1, -0.05) is 5.16 Å². The van der Waals surface area contributed by atoms with Crippen molar-refractivity contribution >= 4 is 5.91 Å². The summed E-state index contributed by atoms with van der Waals surface area (Å²) in [5.41, 5.74) is 1.48. The van der Waals surface area contributed by atoms with E-state index in [1.54, 1.807) is 37.8 Å². The van der Waals surface area contributed by atoms with Crippen LogP contribution in [-0.2, 0) is 0 Å². The summed E-state index contributed by atoms with van der Waals surface area (Å²) in [6.45, 7) is 6.89. The summed E-state index contributed by atoms with van der Waals surface area (Å²) >= 11 is 0. The smallest absolute Gasteiger partial charge is 0.253 e. The number of rotatable bonds is 2. The standard InChI is InChI=1S/C17H21FN4O2/c1-10-7-13(8-11(2)15(10)18)17(23)22-6-5-21(4)14(9-22)16-19-12(3)20-24-16/h7-8,14H,5-6,9H2,1-4H3/t14-/m1/s1. The molecule has 1 aliphatic rings. The molecule has 0 spiro atoms. The summed E-state index contributed by atoms with van der Waals surface area (Å²) < 4.78 is 19.1. The van der Waals surface area contributed by atoms with E-state index < -0.39 is 0 Å². The number of likely N-dealkylation sites (N-methyl/N-ethyl adjacent to an activating group) is 1. The Kier molecular flexibility index (Phi) is 4.36. The Hall–Kier alpha value is -2.28. The molecule has 1 amide bonds. The predicted molar refractivity (Wildman–Crippen MR) is 86.2 cm³/mol. The molecular formula is C17H21FN4O2. The van der Waals surface area contributed by atoms with Crippen molar-refractivity contribution in [2.75, 3.05) is 26.7 Å². The number of halogens is 1. The molecule has 0 aliphatic carbocycles. The average molecular weight is 332 g/mol. The molecule has 2 aromatic rings. The maximum absolute atomic E-state index is 13.8. The minimum Gasteiger partial charge on any atom is -0.338 e. The van der Waals surface area contributed by atoms with Gasteiger partial charge >= 0.3 is 0 Å². The fourth-order valence-electron chi connectivity index (χ4n) is 3.03. The first-order valence-electron chi connectivity index (χ1n) is 7.93. The van der Waals surface area contributed by atoms with Gasteiger partial charge in [0.15, 0.2) is 5.82 Å². The molecule has 1 aromatic carbocycles. The van der Waals surface area contributed by atoms with Crippen molar-refractivity contribution in [3.8, 4) is 0 Å². The topological polar surface area (TPSA) is 62.5 Å². The molecule has 1 aromatic heterocycles. The highest BCUT2D eigenvalue weighted by molar-refractivity contribution is 5.94. The van der Waals surface area contributed by atoms with Crippen molar-refractivity contribution in [1.29, 1.82) is 0 Å². The highest BCUT2D eigenvalue weighted by atomic mass is 19.1. The largest absolute Gasteiger partial charge is 0.338 e. The van der Waals surface area contributed by atoms with Crippen LogP contribution in [0, 0.1) is 26.6 Å². The van der Waals surface area contributed by atoms with E-state index in [9.17, 15) is 9.18 Å². The van der Waals surface area contributed by atoms with Crippen LogP contribution in [0.15, 0.2) is 16.7 Å². The van der Waals surface area contributed by atoms with Gasteiger partial charge in [-0.15, -0.1) is 0 Å². The predicted octanol–water partition coefficient (Wildman–Crippen LogP) is 2.26. The number of piperazine rings is 1. The number of nitrogens with zero attached hydrogens (tertiary/aromatic N) is 4. The quantitative estimate of drug-likeness (QED) is 0.844. The molecule has 24 heavy (non-hydrogen) atoms. The third-order valence-corrected chi connectivity index (χ3v) is 4.45. The van der Waals surface area contributed by atoms with Crippen molar-refractivity contribution < 1.29 is 13.7 Å². The number of carbonyl (C=O) groups is 1. The first kappa shape index (κ1) is 16.6. The number of hydrogen-bond acceptors (Lipinski definition) is 5. The van der Waals surface area contributed by atoms with Crippen LogP contribution >= 0.6 is 0 Å². The maximum atomic E-state index is 13.8. The lowest BCUT2D eigenvalue weighted by Crippen LogP contribution is -2.49. The van der Waals surface area contributed by atoms with Gasteiger partial charge in [-0.2, -0.15) is 4.98 Å². The van der Waals surface area contributed by atoms with Crippen LogP contribution in [0.5, 0.6) is 0 Å². The van der Waals surface area contributed by atoms with Crippen LogP contribution < -0.4 is 0 Å². The Morgan fingerprint density at radius 2 is 1.92 bits per heavy atom. The van der Waals surface area contributed by atoms with Crippen LogP contribution in [0.3, 0.4) is 0 Å². The second kappa shape index (κ2) is 6.32. The summed E-state index contributed by atoms with van der Waals surface area (Å²) in [6.07, 6.45) is 0. The van der Waals surface area contributed by atoms with Crippen LogP contribution in [0.25, 0.3) is 0 Å². The van der Waals surface area contributed by atoms with Gasteiger partial charge in [-0.25, -0.2) is 4.39 Å². The van der Waals surface area contributed by atoms with E-state index in [2.05, 4.69) is 15.0 Å². The van der Waals surface area contributed by atoms with Gasteiger partial charge in [0.2, 0.25) is 5.89 Å². The van der Waals surface area contributed by atoms with Crippen molar-refractivity contribution in [3.63, 3.8) is 0 Å². The van der Waals surface area contributed by atoms with Gasteiger partial charge in [0, 0.05) is 25.2 Å². The zero-order valence-corrected chi connectivity index (χ0v) is 14.3. The minimum absolute atomic E-state index is 0.101. The normalized spacial score (nSPS) is 18.9. The molecule has 2 heterocycles. The molecule has 0 radical (unpaired) electrons. The van der Waals surface area contributed by atoms with E-state index in [1.807, 2.05) is 7.05 Å². The lowest BCUT2D eigenvalue weighted by atomic mass is 10.0. The van der Waals surface area contributed by atoms with Gasteiger partial charge in [0.05, 0.1) is 0 Å². The van der Waals surface area contributed by atoms with Gasteiger partial charge in [0.25, 0.3) is 5.91 Å². The Bertz CT molecular complexity index is 751. The summed E-state index contributed by atoms with van der Waals surface area (Å²) in [5.74, 6) is 0.727. The molecular weight excluding hydrogens is 311 g/mol. The van der Waals surface area contributed by atoms with E-state index in [1.165, 1.54) is 0 Å². The first-order chi connectivity index (χ1) is 11.4. The maximum Gasteiger partial charge on any atom is 0.253 e. The van der Waals surface area contributed by atoms with Gasteiger partial charge in [0.1, 0.15) is 11.9 Å². The number of amides is 1. The van der Waals surface area contributed by atoms with Gasteiger partial charge in [-0.05, 0) is 51.1 Å². The molecule has 7 heteroatoms. The Morgan fingerprint density at radius 3 is 2.50 bits per heavy atom. The SMILES string of the molecule is Cc1noc([C@H]2CN(C(=O)c3cc(C)c(F)c(C)c3)CCN2C)n1. The third-order valence-electron chi connectivity index (χ3n) is 4.45. The molecule has 1 aliphatic heterocycles. The van der Waals surface area contributed by atoms with E-state index in [-0.39, 0.29) is 17.8 Å². The summed E-state index contributed by atoms with van der Waals surface area (Å²) in [5, 5.41) is 3.83. The minimum atomic E-state index is -0.260. The zero-order chi connectivity index (χ0) is 17.4. The molecule has 3 rings (SSSR count). The highest BCUT2D eigenvalue weighted by Crippen LogP contribution is 2.24. The Balaban J connectivity index is 1.83. The molecule has 1 atom stereocenters. The van der Waals surface area contributed by atoms with Crippen molar-refractivity contribution in [2.24, 2.45) is 0 Å². The summed E-state index contributed by atoms with van der Waals surface area (Å²) in [4.78, 5) is 21.0. The lowest BCUT2D eigenvalue weighted by molar-refractivity contribution is 0.0488. The van der Waals surface area contributed by atoms with Gasteiger partial charge in [-0.3, -0.25) is 9.69 Å². The number of carbonyl (C=O) groups excluding carboxylic acids is 1. The number of aryl methyl sites for hydroxylation is 3. The zero-order valence-electron chi connectivity index (χ0n) is 14.3. The van der Waals surface area contributed by atoms with E-state index >= 15 is 0 Å². The molecule has 0 bridgehead atoms. The monoisotopic (exact) mass is 332 g/mol. The molecule has 0 unspecified atom stereocenters. The fourth-order valence-corrected chi connectivity index (χ4v) is 3.03. The van der Waals surface area contributed by atoms with Crippen LogP contribution in [-0.4, -0.2) is 52.5 Å². The fraction of sp³-hybridized carbons (Fsp3) is 0.471. The molecule has 0 saturated carbocycles. The van der Waals surface area contributed by atoms with Crippen LogP contribution in [0.2, 0.25) is 0 Å². The Morgan fingerprint density at radius 1 is 1.25 bits per heavy atom. The number of hydrogen-bond donors (Lipinski definition) is 0. The van der Waals surface area contributed by atoms with E-state index in [0.29, 0.717) is 48.0 Å². The molecule has 6 nitrogen and oxygen atoms in total. The number of aromatic nitrogens is 2. The van der Waals surface area contributed by atoms with E-state index in [0.717, 1.165) is 0 Å². The number of benzene rings is 1. The van der Waals surface area contributed by atoms with Gasteiger partial charge < -0.3 is 9.42 Å². The van der Waals surface area contributed by atoms with E-state index in [4.69, 9.17) is 4.52 Å². The van der Waals surface area contributed by atoms with Crippen molar-refractivity contribution in [3.05, 3.63) is 46.4 Å². The molecule has 1 saturated heterocycles. The summed E-state index contributed by atoms with van der Waals surface area (Å²) in [6, 6.07) is 3.08. The molecule has 1 fully saturated rings.